The van der Waals surface area contributed by atoms with Gasteiger partial charge in [0.2, 0.25) is 0 Å². The summed E-state index contributed by atoms with van der Waals surface area (Å²) in [5.74, 6) is 1.60. The molecule has 3 rings (SSSR count). The maximum Gasteiger partial charge on any atom is 0.196 e. The molecule has 0 saturated carbocycles. The Kier molecular flexibility index (Phi) is 3.97. The number of alkyl halides is 1. The molecule has 0 N–H and O–H groups in total. The van der Waals surface area contributed by atoms with Gasteiger partial charge >= 0.3 is 0 Å². The van der Waals surface area contributed by atoms with E-state index in [9.17, 15) is 0 Å². The van der Waals surface area contributed by atoms with Crippen LogP contribution in [0.5, 0.6) is 5.75 Å². The Balaban J connectivity index is 1.88. The number of rotatable bonds is 4. The molecule has 0 aliphatic carbocycles. The summed E-state index contributed by atoms with van der Waals surface area (Å²) >= 11 is 3.73. The predicted octanol–water partition coefficient (Wildman–Crippen LogP) is 4.82. The number of fused-ring (bicyclic) bond motifs is 1. The van der Waals surface area contributed by atoms with Gasteiger partial charge in [0.15, 0.2) is 11.5 Å². The fraction of sp³-hybridized carbons (Fsp3) is 0.235. The maximum absolute atomic E-state index is 5.78. The zero-order valence-corrected chi connectivity index (χ0v) is 13.6. The molecular formula is C17H16BrNO2. The lowest BCUT2D eigenvalue weighted by Gasteiger charge is -2.13. The summed E-state index contributed by atoms with van der Waals surface area (Å²) < 4.78 is 11.2. The van der Waals surface area contributed by atoms with Crippen molar-refractivity contribution in [3.05, 3.63) is 59.5 Å². The molecular weight excluding hydrogens is 330 g/mol. The SMILES string of the molecule is COc1ccc(C)cc1C(Br)Cc1nc2ccccc2o1. The summed E-state index contributed by atoms with van der Waals surface area (Å²) in [6.45, 7) is 2.07. The first-order valence-electron chi connectivity index (χ1n) is 6.80. The molecule has 0 amide bonds. The van der Waals surface area contributed by atoms with Gasteiger partial charge in [0.1, 0.15) is 11.3 Å². The Morgan fingerprint density at radius 2 is 2.05 bits per heavy atom. The summed E-state index contributed by atoms with van der Waals surface area (Å²) in [4.78, 5) is 4.62. The van der Waals surface area contributed by atoms with E-state index in [1.165, 1.54) is 5.56 Å². The Hall–Kier alpha value is -1.81. The minimum absolute atomic E-state index is 0.0976. The Labute approximate surface area is 132 Å². The van der Waals surface area contributed by atoms with E-state index in [-0.39, 0.29) is 4.83 Å². The van der Waals surface area contributed by atoms with Gasteiger partial charge in [-0.3, -0.25) is 0 Å². The average Bonchev–Trinajstić information content (AvgIpc) is 2.89. The number of aryl methyl sites for hydroxylation is 1. The number of ether oxygens (including phenoxy) is 1. The monoisotopic (exact) mass is 345 g/mol. The van der Waals surface area contributed by atoms with E-state index in [4.69, 9.17) is 9.15 Å². The van der Waals surface area contributed by atoms with Crippen molar-refractivity contribution in [3.63, 3.8) is 0 Å². The minimum atomic E-state index is 0.0976. The van der Waals surface area contributed by atoms with E-state index < -0.39 is 0 Å². The first-order chi connectivity index (χ1) is 10.2. The summed E-state index contributed by atoms with van der Waals surface area (Å²) in [6.07, 6.45) is 0.675. The molecule has 2 aromatic carbocycles. The summed E-state index contributed by atoms with van der Waals surface area (Å²) in [6, 6.07) is 14.0. The fourth-order valence-corrected chi connectivity index (χ4v) is 3.00. The van der Waals surface area contributed by atoms with Crippen molar-refractivity contribution >= 4 is 27.0 Å². The van der Waals surface area contributed by atoms with Crippen LogP contribution >= 0.6 is 15.9 Å². The lowest BCUT2D eigenvalue weighted by Crippen LogP contribution is -1.99. The highest BCUT2D eigenvalue weighted by Gasteiger charge is 2.17. The highest BCUT2D eigenvalue weighted by Crippen LogP contribution is 2.34. The zero-order chi connectivity index (χ0) is 14.8. The van der Waals surface area contributed by atoms with Gasteiger partial charge in [-0.15, -0.1) is 0 Å². The molecule has 1 heterocycles. The van der Waals surface area contributed by atoms with Gasteiger partial charge in [-0.25, -0.2) is 4.98 Å². The summed E-state index contributed by atoms with van der Waals surface area (Å²) in [5.41, 5.74) is 4.03. The van der Waals surface area contributed by atoms with E-state index in [1.54, 1.807) is 7.11 Å². The zero-order valence-electron chi connectivity index (χ0n) is 12.0. The second-order valence-corrected chi connectivity index (χ2v) is 6.10. The molecule has 0 bridgehead atoms. The van der Waals surface area contributed by atoms with Gasteiger partial charge in [-0.1, -0.05) is 45.8 Å². The van der Waals surface area contributed by atoms with E-state index in [2.05, 4.69) is 33.9 Å². The predicted molar refractivity (Wildman–Crippen MR) is 87.1 cm³/mol. The van der Waals surface area contributed by atoms with Gasteiger partial charge in [0.25, 0.3) is 0 Å². The second-order valence-electron chi connectivity index (χ2n) is 4.99. The van der Waals surface area contributed by atoms with Gasteiger partial charge in [0.05, 0.1) is 11.9 Å². The van der Waals surface area contributed by atoms with E-state index in [0.29, 0.717) is 6.42 Å². The largest absolute Gasteiger partial charge is 0.496 e. The smallest absolute Gasteiger partial charge is 0.196 e. The topological polar surface area (TPSA) is 35.3 Å². The quantitative estimate of drug-likeness (QED) is 0.635. The molecule has 1 aromatic heterocycles. The number of hydrogen-bond donors (Lipinski definition) is 0. The molecule has 1 unspecified atom stereocenters. The van der Waals surface area contributed by atoms with Crippen LogP contribution in [-0.4, -0.2) is 12.1 Å². The van der Waals surface area contributed by atoms with Crippen molar-refractivity contribution < 1.29 is 9.15 Å². The van der Waals surface area contributed by atoms with Crippen molar-refractivity contribution in [1.82, 2.24) is 4.98 Å². The van der Waals surface area contributed by atoms with Crippen LogP contribution in [0.3, 0.4) is 0 Å². The van der Waals surface area contributed by atoms with Crippen LogP contribution in [-0.2, 0) is 6.42 Å². The molecule has 0 aliphatic rings. The van der Waals surface area contributed by atoms with Crippen LogP contribution in [0.4, 0.5) is 0 Å². The Morgan fingerprint density at radius 1 is 1.24 bits per heavy atom. The van der Waals surface area contributed by atoms with Gasteiger partial charge < -0.3 is 9.15 Å². The van der Waals surface area contributed by atoms with Crippen LogP contribution < -0.4 is 4.74 Å². The highest BCUT2D eigenvalue weighted by molar-refractivity contribution is 9.09. The van der Waals surface area contributed by atoms with Crippen LogP contribution in [0.1, 0.15) is 21.8 Å². The Bertz CT molecular complexity index is 733. The Morgan fingerprint density at radius 3 is 2.81 bits per heavy atom. The van der Waals surface area contributed by atoms with E-state index in [1.807, 2.05) is 36.4 Å². The molecule has 3 nitrogen and oxygen atoms in total. The van der Waals surface area contributed by atoms with Crippen molar-refractivity contribution in [3.8, 4) is 5.75 Å². The lowest BCUT2D eigenvalue weighted by molar-refractivity contribution is 0.408. The summed E-state index contributed by atoms with van der Waals surface area (Å²) in [7, 11) is 1.69. The van der Waals surface area contributed by atoms with Crippen LogP contribution in [0, 0.1) is 6.92 Å². The number of hydrogen-bond acceptors (Lipinski definition) is 3. The first kappa shape index (κ1) is 14.1. The fourth-order valence-electron chi connectivity index (χ4n) is 2.37. The van der Waals surface area contributed by atoms with Gasteiger partial charge in [-0.05, 0) is 25.1 Å². The molecule has 1 atom stereocenters. The molecule has 0 fully saturated rings. The molecule has 4 heteroatoms. The second kappa shape index (κ2) is 5.90. The molecule has 3 aromatic rings. The number of nitrogens with zero attached hydrogens (tertiary/aromatic N) is 1. The third-order valence-electron chi connectivity index (χ3n) is 3.41. The number of para-hydroxylation sites is 2. The standard InChI is InChI=1S/C17H16BrNO2/c1-11-7-8-15(20-2)12(9-11)13(18)10-17-19-14-5-3-4-6-16(14)21-17/h3-9,13H,10H2,1-2H3. The first-order valence-corrected chi connectivity index (χ1v) is 7.72. The van der Waals surface area contributed by atoms with Crippen molar-refractivity contribution in [2.75, 3.05) is 7.11 Å². The number of benzene rings is 2. The highest BCUT2D eigenvalue weighted by atomic mass is 79.9. The number of oxazole rings is 1. The van der Waals surface area contributed by atoms with Gasteiger partial charge in [0, 0.05) is 12.0 Å². The van der Waals surface area contributed by atoms with Crippen molar-refractivity contribution in [1.29, 1.82) is 0 Å². The molecule has 0 spiro atoms. The lowest BCUT2D eigenvalue weighted by atomic mass is 10.1. The molecule has 108 valence electrons. The molecule has 21 heavy (non-hydrogen) atoms. The van der Waals surface area contributed by atoms with Crippen LogP contribution in [0.2, 0.25) is 0 Å². The van der Waals surface area contributed by atoms with Crippen molar-refractivity contribution in [2.24, 2.45) is 0 Å². The normalized spacial score (nSPS) is 12.5. The van der Waals surface area contributed by atoms with E-state index in [0.717, 1.165) is 28.3 Å². The minimum Gasteiger partial charge on any atom is -0.496 e. The average molecular weight is 346 g/mol. The van der Waals surface area contributed by atoms with E-state index >= 15 is 0 Å². The molecule has 0 radical (unpaired) electrons. The molecule has 0 aliphatic heterocycles. The summed E-state index contributed by atoms with van der Waals surface area (Å²) in [5, 5.41) is 0. The van der Waals surface area contributed by atoms with Crippen LogP contribution in [0.15, 0.2) is 46.9 Å². The third-order valence-corrected chi connectivity index (χ3v) is 4.23. The van der Waals surface area contributed by atoms with Gasteiger partial charge in [-0.2, -0.15) is 0 Å². The number of halogens is 1. The number of aromatic nitrogens is 1. The molecule has 0 saturated heterocycles. The number of methoxy groups -OCH3 is 1. The van der Waals surface area contributed by atoms with Crippen LogP contribution in [0.25, 0.3) is 11.1 Å². The third kappa shape index (κ3) is 2.95. The van der Waals surface area contributed by atoms with Crippen molar-refractivity contribution in [2.45, 2.75) is 18.2 Å². The maximum atomic E-state index is 5.78.